The average Bonchev–Trinajstić information content (AvgIpc) is 2.16. The smallest absolute Gasteiger partial charge is 0.134 e. The lowest BCUT2D eigenvalue weighted by Crippen LogP contribution is -2.15. The first-order valence-electron chi connectivity index (χ1n) is 5.30. The molecule has 15 heavy (non-hydrogen) atoms. The topological polar surface area (TPSA) is 20.3 Å². The van der Waals surface area contributed by atoms with Gasteiger partial charge in [0.1, 0.15) is 5.78 Å². The number of carbonyl (C=O) groups excluding carboxylic acids is 1. The largest absolute Gasteiger partial charge is 0.309 e. The number of likely N-dealkylation sites (N-methyl/N-ethyl adjacent to an activating group) is 1. The van der Waals surface area contributed by atoms with E-state index in [-0.39, 0.29) is 5.78 Å². The number of carbonyl (C=O) groups is 1. The maximum absolute atomic E-state index is 10.9. The van der Waals surface area contributed by atoms with Gasteiger partial charge in [-0.1, -0.05) is 24.3 Å². The minimum Gasteiger partial charge on any atom is -0.309 e. The van der Waals surface area contributed by atoms with Crippen LogP contribution < -0.4 is 0 Å². The molecule has 1 aromatic rings. The highest BCUT2D eigenvalue weighted by Crippen LogP contribution is 2.06. The minimum atomic E-state index is 0.219. The molecular formula is C13H19NO. The Kier molecular flexibility index (Phi) is 4.50. The lowest BCUT2D eigenvalue weighted by atomic mass is 10.1. The predicted molar refractivity (Wildman–Crippen MR) is 63.1 cm³/mol. The number of Topliss-reactive ketones (excluding diaryl/α,β-unsaturated/α-hetero) is 1. The molecule has 0 aliphatic carbocycles. The monoisotopic (exact) mass is 205 g/mol. The fraction of sp³-hybridized carbons (Fsp3) is 0.462. The molecule has 0 radical (unpaired) electrons. The van der Waals surface area contributed by atoms with Gasteiger partial charge in [-0.05, 0) is 38.6 Å². The maximum atomic E-state index is 10.9. The molecular weight excluding hydrogens is 186 g/mol. The van der Waals surface area contributed by atoms with Gasteiger partial charge in [-0.2, -0.15) is 0 Å². The number of benzene rings is 1. The van der Waals surface area contributed by atoms with E-state index in [9.17, 15) is 4.79 Å². The second kappa shape index (κ2) is 5.66. The van der Waals surface area contributed by atoms with Gasteiger partial charge in [0.2, 0.25) is 0 Å². The molecule has 0 bridgehead atoms. The Morgan fingerprint density at radius 1 is 1.13 bits per heavy atom. The molecule has 0 aliphatic rings. The van der Waals surface area contributed by atoms with Crippen molar-refractivity contribution in [2.24, 2.45) is 0 Å². The highest BCUT2D eigenvalue weighted by atomic mass is 16.1. The number of nitrogens with zero attached hydrogens (tertiary/aromatic N) is 1. The first kappa shape index (κ1) is 11.9. The van der Waals surface area contributed by atoms with E-state index in [1.807, 2.05) is 12.1 Å². The van der Waals surface area contributed by atoms with Gasteiger partial charge in [0, 0.05) is 13.0 Å². The van der Waals surface area contributed by atoms with Crippen molar-refractivity contribution in [2.45, 2.75) is 19.8 Å². The zero-order valence-electron chi connectivity index (χ0n) is 9.79. The SMILES string of the molecule is CC(=O)Cc1ccc(CCN(C)C)cc1. The number of rotatable bonds is 5. The zero-order valence-corrected chi connectivity index (χ0v) is 9.79. The van der Waals surface area contributed by atoms with Crippen molar-refractivity contribution in [3.8, 4) is 0 Å². The van der Waals surface area contributed by atoms with Crippen LogP contribution in [0.4, 0.5) is 0 Å². The molecule has 1 aromatic carbocycles. The normalized spacial score (nSPS) is 10.7. The molecule has 0 N–H and O–H groups in total. The lowest BCUT2D eigenvalue weighted by molar-refractivity contribution is -0.116. The van der Waals surface area contributed by atoms with Gasteiger partial charge in [0.15, 0.2) is 0 Å². The third-order valence-electron chi connectivity index (χ3n) is 2.32. The van der Waals surface area contributed by atoms with E-state index in [1.54, 1.807) is 6.92 Å². The van der Waals surface area contributed by atoms with E-state index in [1.165, 1.54) is 5.56 Å². The molecule has 2 nitrogen and oxygen atoms in total. The highest BCUT2D eigenvalue weighted by molar-refractivity contribution is 5.78. The predicted octanol–water partition coefficient (Wildman–Crippen LogP) is 1.92. The second-order valence-corrected chi connectivity index (χ2v) is 4.25. The minimum absolute atomic E-state index is 0.219. The second-order valence-electron chi connectivity index (χ2n) is 4.25. The summed E-state index contributed by atoms with van der Waals surface area (Å²) >= 11 is 0. The first-order valence-corrected chi connectivity index (χ1v) is 5.30. The van der Waals surface area contributed by atoms with Gasteiger partial charge in [-0.15, -0.1) is 0 Å². The quantitative estimate of drug-likeness (QED) is 0.732. The van der Waals surface area contributed by atoms with Crippen LogP contribution in [0.3, 0.4) is 0 Å². The molecule has 2 heteroatoms. The van der Waals surface area contributed by atoms with Gasteiger partial charge in [0.05, 0.1) is 0 Å². The molecule has 0 atom stereocenters. The fourth-order valence-electron chi connectivity index (χ4n) is 1.46. The molecule has 82 valence electrons. The van der Waals surface area contributed by atoms with Crippen LogP contribution >= 0.6 is 0 Å². The number of ketones is 1. The Morgan fingerprint density at radius 2 is 1.67 bits per heavy atom. The van der Waals surface area contributed by atoms with Crippen molar-refractivity contribution >= 4 is 5.78 Å². The van der Waals surface area contributed by atoms with Crippen LogP contribution in [-0.2, 0) is 17.6 Å². The molecule has 0 saturated heterocycles. The summed E-state index contributed by atoms with van der Waals surface area (Å²) in [7, 11) is 4.15. The van der Waals surface area contributed by atoms with Crippen LogP contribution in [0.1, 0.15) is 18.1 Å². The van der Waals surface area contributed by atoms with Crippen LogP contribution in [0.5, 0.6) is 0 Å². The van der Waals surface area contributed by atoms with Crippen LogP contribution in [0, 0.1) is 0 Å². The summed E-state index contributed by atoms with van der Waals surface area (Å²) in [5.74, 6) is 0.219. The number of hydrogen-bond acceptors (Lipinski definition) is 2. The first-order chi connectivity index (χ1) is 7.08. The van der Waals surface area contributed by atoms with Gasteiger partial charge >= 0.3 is 0 Å². The highest BCUT2D eigenvalue weighted by Gasteiger charge is 1.98. The molecule has 0 unspecified atom stereocenters. The van der Waals surface area contributed by atoms with Crippen molar-refractivity contribution in [3.63, 3.8) is 0 Å². The summed E-state index contributed by atoms with van der Waals surface area (Å²) in [5, 5.41) is 0. The van der Waals surface area contributed by atoms with Crippen molar-refractivity contribution in [1.29, 1.82) is 0 Å². The van der Waals surface area contributed by atoms with Gasteiger partial charge in [-0.25, -0.2) is 0 Å². The summed E-state index contributed by atoms with van der Waals surface area (Å²) < 4.78 is 0. The van der Waals surface area contributed by atoms with Crippen LogP contribution in [0.15, 0.2) is 24.3 Å². The van der Waals surface area contributed by atoms with Crippen LogP contribution in [-0.4, -0.2) is 31.3 Å². The van der Waals surface area contributed by atoms with E-state index in [0.717, 1.165) is 18.5 Å². The fourth-order valence-corrected chi connectivity index (χ4v) is 1.46. The average molecular weight is 205 g/mol. The Balaban J connectivity index is 2.52. The molecule has 0 saturated carbocycles. The molecule has 0 spiro atoms. The third kappa shape index (κ3) is 4.75. The van der Waals surface area contributed by atoms with E-state index >= 15 is 0 Å². The van der Waals surface area contributed by atoms with E-state index < -0.39 is 0 Å². The van der Waals surface area contributed by atoms with E-state index in [4.69, 9.17) is 0 Å². The molecule has 0 aromatic heterocycles. The standard InChI is InChI=1S/C13H19NO/c1-11(15)10-13-6-4-12(5-7-13)8-9-14(2)3/h4-7H,8-10H2,1-3H3. The Labute approximate surface area is 91.9 Å². The van der Waals surface area contributed by atoms with Crippen molar-refractivity contribution in [1.82, 2.24) is 4.90 Å². The van der Waals surface area contributed by atoms with Gasteiger partial charge < -0.3 is 4.90 Å². The molecule has 0 aliphatic heterocycles. The Morgan fingerprint density at radius 3 is 2.13 bits per heavy atom. The lowest BCUT2D eigenvalue weighted by Gasteiger charge is -2.09. The van der Waals surface area contributed by atoms with Crippen molar-refractivity contribution in [3.05, 3.63) is 35.4 Å². The molecule has 0 heterocycles. The Hall–Kier alpha value is -1.15. The maximum Gasteiger partial charge on any atom is 0.134 e. The van der Waals surface area contributed by atoms with Gasteiger partial charge in [0.25, 0.3) is 0 Å². The summed E-state index contributed by atoms with van der Waals surface area (Å²) in [6, 6.07) is 8.32. The van der Waals surface area contributed by atoms with Gasteiger partial charge in [-0.3, -0.25) is 4.79 Å². The summed E-state index contributed by atoms with van der Waals surface area (Å²) in [6.07, 6.45) is 1.61. The van der Waals surface area contributed by atoms with Crippen molar-refractivity contribution in [2.75, 3.05) is 20.6 Å². The van der Waals surface area contributed by atoms with E-state index in [0.29, 0.717) is 6.42 Å². The van der Waals surface area contributed by atoms with Crippen LogP contribution in [0.2, 0.25) is 0 Å². The summed E-state index contributed by atoms with van der Waals surface area (Å²) in [4.78, 5) is 13.1. The van der Waals surface area contributed by atoms with Crippen LogP contribution in [0.25, 0.3) is 0 Å². The van der Waals surface area contributed by atoms with Crippen molar-refractivity contribution < 1.29 is 4.79 Å². The molecule has 1 rings (SSSR count). The molecule has 0 fully saturated rings. The Bertz CT molecular complexity index is 314. The summed E-state index contributed by atoms with van der Waals surface area (Å²) in [6.45, 7) is 2.69. The van der Waals surface area contributed by atoms with E-state index in [2.05, 4.69) is 31.1 Å². The zero-order chi connectivity index (χ0) is 11.3. The summed E-state index contributed by atoms with van der Waals surface area (Å²) in [5.41, 5.74) is 2.44. The number of hydrogen-bond donors (Lipinski definition) is 0. The third-order valence-corrected chi connectivity index (χ3v) is 2.32. The molecule has 0 amide bonds.